The van der Waals surface area contributed by atoms with Crippen LogP contribution >= 0.6 is 0 Å². The van der Waals surface area contributed by atoms with E-state index in [1.807, 2.05) is 0 Å². The lowest BCUT2D eigenvalue weighted by Gasteiger charge is -2.13. The molecule has 0 bridgehead atoms. The van der Waals surface area contributed by atoms with Gasteiger partial charge in [-0.3, -0.25) is 9.59 Å². The maximum Gasteiger partial charge on any atom is 0.304 e. The van der Waals surface area contributed by atoms with Crippen molar-refractivity contribution in [2.75, 3.05) is 0 Å². The Morgan fingerprint density at radius 3 is 2.29 bits per heavy atom. The first kappa shape index (κ1) is 26.0. The molecule has 0 unspecified atom stereocenters. The number of carbonyl (C=O) groups is 2. The highest BCUT2D eigenvalue weighted by molar-refractivity contribution is 5.94. The topological polar surface area (TPSA) is 66.4 Å². The fourth-order valence-electron chi connectivity index (χ4n) is 2.96. The van der Waals surface area contributed by atoms with Gasteiger partial charge in [-0.1, -0.05) is 69.8 Å². The molecule has 0 radical (unpaired) electrons. The fourth-order valence-corrected chi connectivity index (χ4v) is 2.96. The Hall–Kier alpha value is -3.05. The Morgan fingerprint density at radius 1 is 1.06 bits per heavy atom. The number of allylic oxidation sites excluding steroid dienone is 1. The summed E-state index contributed by atoms with van der Waals surface area (Å²) >= 11 is 0. The number of halogens is 1. The lowest BCUT2D eigenvalue weighted by molar-refractivity contribution is -0.137. The van der Waals surface area contributed by atoms with Gasteiger partial charge in [0.25, 0.3) is 5.91 Å². The Bertz CT molecular complexity index is 824. The highest BCUT2D eigenvalue weighted by Gasteiger charge is 2.12. The van der Waals surface area contributed by atoms with Gasteiger partial charge in [0.05, 0.1) is 12.5 Å². The number of carbonyl (C=O) groups excluding carboxylic acids is 1. The van der Waals surface area contributed by atoms with Crippen LogP contribution < -0.4 is 5.32 Å². The largest absolute Gasteiger partial charge is 0.481 e. The highest BCUT2D eigenvalue weighted by Crippen LogP contribution is 2.10. The number of benzene rings is 1. The van der Waals surface area contributed by atoms with E-state index in [9.17, 15) is 14.0 Å². The van der Waals surface area contributed by atoms with Gasteiger partial charge in [-0.25, -0.2) is 4.39 Å². The van der Waals surface area contributed by atoms with Gasteiger partial charge in [-0.05, 0) is 42.5 Å². The molecule has 0 spiro atoms. The van der Waals surface area contributed by atoms with Gasteiger partial charge in [0, 0.05) is 11.5 Å². The van der Waals surface area contributed by atoms with Crippen molar-refractivity contribution in [3.05, 3.63) is 48.3 Å². The van der Waals surface area contributed by atoms with E-state index in [-0.39, 0.29) is 18.4 Å². The first-order chi connectivity index (χ1) is 15.0. The minimum absolute atomic E-state index is 0.124. The SMILES string of the molecule is C=C[C@@H](C#CC#C[C@@H](CCCCCCCCC)NC(=O)c1ccc(F)cc1)CC(=O)O. The van der Waals surface area contributed by atoms with E-state index >= 15 is 0 Å². The van der Waals surface area contributed by atoms with Crippen molar-refractivity contribution in [1.29, 1.82) is 0 Å². The molecule has 5 heteroatoms. The monoisotopic (exact) mass is 425 g/mol. The van der Waals surface area contributed by atoms with E-state index in [0.29, 0.717) is 12.0 Å². The average molecular weight is 426 g/mol. The lowest BCUT2D eigenvalue weighted by atomic mass is 10.0. The van der Waals surface area contributed by atoms with Gasteiger partial charge < -0.3 is 10.4 Å². The van der Waals surface area contributed by atoms with Crippen LogP contribution in [0.25, 0.3) is 0 Å². The van der Waals surface area contributed by atoms with Crippen LogP contribution in [-0.4, -0.2) is 23.0 Å². The Kier molecular flexibility index (Phi) is 13.2. The maximum atomic E-state index is 13.1. The van der Waals surface area contributed by atoms with Gasteiger partial charge >= 0.3 is 5.97 Å². The molecule has 1 rings (SSSR count). The molecule has 166 valence electrons. The van der Waals surface area contributed by atoms with E-state index in [1.165, 1.54) is 56.0 Å². The zero-order chi connectivity index (χ0) is 22.9. The molecule has 0 aliphatic carbocycles. The molecule has 0 aromatic heterocycles. The van der Waals surface area contributed by atoms with Gasteiger partial charge in [0.15, 0.2) is 0 Å². The normalized spacial score (nSPS) is 11.8. The summed E-state index contributed by atoms with van der Waals surface area (Å²) in [5.74, 6) is 9.00. The van der Waals surface area contributed by atoms with Crippen molar-refractivity contribution in [2.45, 2.75) is 70.8 Å². The summed E-state index contributed by atoms with van der Waals surface area (Å²) in [6.45, 7) is 5.78. The van der Waals surface area contributed by atoms with Crippen molar-refractivity contribution in [3.63, 3.8) is 0 Å². The number of hydrogen-bond acceptors (Lipinski definition) is 2. The van der Waals surface area contributed by atoms with E-state index in [2.05, 4.69) is 42.5 Å². The zero-order valence-corrected chi connectivity index (χ0v) is 18.3. The minimum atomic E-state index is -0.949. The van der Waals surface area contributed by atoms with E-state index in [4.69, 9.17) is 5.11 Å². The lowest BCUT2D eigenvalue weighted by Crippen LogP contribution is -2.33. The van der Waals surface area contributed by atoms with Gasteiger partial charge in [-0.2, -0.15) is 0 Å². The van der Waals surface area contributed by atoms with Crippen molar-refractivity contribution >= 4 is 11.9 Å². The van der Waals surface area contributed by atoms with Crippen molar-refractivity contribution < 1.29 is 19.1 Å². The summed E-state index contributed by atoms with van der Waals surface area (Å²) in [7, 11) is 0. The molecule has 0 heterocycles. The van der Waals surface area contributed by atoms with Crippen LogP contribution in [-0.2, 0) is 4.79 Å². The van der Waals surface area contributed by atoms with E-state index in [0.717, 1.165) is 19.3 Å². The van der Waals surface area contributed by atoms with Crippen LogP contribution in [0, 0.1) is 35.4 Å². The number of rotatable bonds is 13. The molecular formula is C26H32FNO3. The molecular weight excluding hydrogens is 393 g/mol. The molecule has 0 saturated carbocycles. The van der Waals surface area contributed by atoms with E-state index in [1.54, 1.807) is 0 Å². The van der Waals surface area contributed by atoms with E-state index < -0.39 is 17.7 Å². The van der Waals surface area contributed by atoms with Gasteiger partial charge in [0.1, 0.15) is 5.82 Å². The first-order valence-electron chi connectivity index (χ1n) is 10.9. The third-order valence-electron chi connectivity index (χ3n) is 4.75. The molecule has 0 aliphatic rings. The second-order valence-electron chi connectivity index (χ2n) is 7.42. The average Bonchev–Trinajstić information content (AvgIpc) is 2.74. The summed E-state index contributed by atoms with van der Waals surface area (Å²) in [5, 5.41) is 11.7. The quantitative estimate of drug-likeness (QED) is 0.254. The number of hydrogen-bond donors (Lipinski definition) is 2. The van der Waals surface area contributed by atoms with Crippen LogP contribution in [0.5, 0.6) is 0 Å². The zero-order valence-electron chi connectivity index (χ0n) is 18.3. The molecule has 1 aromatic carbocycles. The summed E-state index contributed by atoms with van der Waals surface area (Å²) in [5.41, 5.74) is 0.368. The Morgan fingerprint density at radius 2 is 1.68 bits per heavy atom. The standard InChI is InChI=1S/C26H32FNO3/c1-3-5-6-7-8-9-10-14-24(15-12-11-13-21(4-2)20-25(29)30)28-26(31)22-16-18-23(27)19-17-22/h4,16-19,21,24H,2-3,5-10,14,20H2,1H3,(H,28,31)(H,29,30)/t21-,24+/m0/s1. The molecule has 1 amide bonds. The number of aliphatic carboxylic acids is 1. The smallest absolute Gasteiger partial charge is 0.304 e. The first-order valence-corrected chi connectivity index (χ1v) is 10.9. The van der Waals surface area contributed by atoms with Crippen LogP contribution in [0.3, 0.4) is 0 Å². The number of carboxylic acids is 1. The molecule has 0 fully saturated rings. The summed E-state index contributed by atoms with van der Waals surface area (Å²) in [6.07, 6.45) is 10.1. The third-order valence-corrected chi connectivity index (χ3v) is 4.75. The summed E-state index contributed by atoms with van der Waals surface area (Å²) < 4.78 is 13.1. The van der Waals surface area contributed by atoms with Crippen LogP contribution in [0.1, 0.15) is 75.1 Å². The van der Waals surface area contributed by atoms with Gasteiger partial charge in [0.2, 0.25) is 0 Å². The predicted octanol–water partition coefficient (Wildman–Crippen LogP) is 5.35. The Balaban J connectivity index is 2.71. The Labute approximate surface area is 185 Å². The van der Waals surface area contributed by atoms with Crippen LogP contribution in [0.4, 0.5) is 4.39 Å². The summed E-state index contributed by atoms with van der Waals surface area (Å²) in [6, 6.07) is 4.97. The molecule has 4 nitrogen and oxygen atoms in total. The van der Waals surface area contributed by atoms with Crippen molar-refractivity contribution in [2.24, 2.45) is 5.92 Å². The number of unbranched alkanes of at least 4 members (excludes halogenated alkanes) is 6. The molecule has 2 atom stereocenters. The second kappa shape index (κ2) is 15.7. The summed E-state index contributed by atoms with van der Waals surface area (Å²) in [4.78, 5) is 23.3. The minimum Gasteiger partial charge on any atom is -0.481 e. The van der Waals surface area contributed by atoms with Crippen molar-refractivity contribution in [1.82, 2.24) is 5.32 Å². The van der Waals surface area contributed by atoms with Gasteiger partial charge in [-0.15, -0.1) is 6.58 Å². The number of carboxylic acid groups (broad SMARTS) is 1. The van der Waals surface area contributed by atoms with Crippen LogP contribution in [0.15, 0.2) is 36.9 Å². The molecule has 31 heavy (non-hydrogen) atoms. The number of amides is 1. The van der Waals surface area contributed by atoms with Crippen molar-refractivity contribution in [3.8, 4) is 23.7 Å². The molecule has 0 aliphatic heterocycles. The maximum absolute atomic E-state index is 13.1. The third kappa shape index (κ3) is 12.3. The molecule has 1 aromatic rings. The molecule has 2 N–H and O–H groups in total. The van der Waals surface area contributed by atoms with Crippen LogP contribution in [0.2, 0.25) is 0 Å². The fraction of sp³-hybridized carbons (Fsp3) is 0.462. The molecule has 0 saturated heterocycles. The predicted molar refractivity (Wildman–Crippen MR) is 122 cm³/mol. The second-order valence-corrected chi connectivity index (χ2v) is 7.42. The highest BCUT2D eigenvalue weighted by atomic mass is 19.1. The number of nitrogens with one attached hydrogen (secondary N) is 1.